The predicted octanol–water partition coefficient (Wildman–Crippen LogP) is 2.23. The van der Waals surface area contributed by atoms with E-state index in [0.717, 1.165) is 48.6 Å². The maximum absolute atomic E-state index is 6.07. The van der Waals surface area contributed by atoms with Crippen LogP contribution in [-0.4, -0.2) is 36.1 Å². The Labute approximate surface area is 106 Å². The molecule has 1 aromatic carbocycles. The number of H-pyrrole nitrogens is 1. The number of rotatable bonds is 2. The molecule has 2 heterocycles. The zero-order valence-corrected chi connectivity index (χ0v) is 10.4. The second-order valence-electron chi connectivity index (χ2n) is 4.54. The third-order valence-electron chi connectivity index (χ3n) is 3.31. The van der Waals surface area contributed by atoms with Crippen molar-refractivity contribution < 1.29 is 0 Å². The average Bonchev–Trinajstić information content (AvgIpc) is 2.72. The first kappa shape index (κ1) is 11.1. The lowest BCUT2D eigenvalue weighted by Crippen LogP contribution is -2.42. The Bertz CT molecular complexity index is 514. The highest BCUT2D eigenvalue weighted by Crippen LogP contribution is 2.24. The van der Waals surface area contributed by atoms with Crippen LogP contribution in [0.15, 0.2) is 24.4 Å². The van der Waals surface area contributed by atoms with Gasteiger partial charge in [0.25, 0.3) is 0 Å². The van der Waals surface area contributed by atoms with Crippen LogP contribution in [0.5, 0.6) is 0 Å². The zero-order chi connectivity index (χ0) is 11.7. The Balaban J connectivity index is 1.80. The van der Waals surface area contributed by atoms with Gasteiger partial charge in [-0.1, -0.05) is 23.7 Å². The van der Waals surface area contributed by atoms with Gasteiger partial charge in [0.2, 0.25) is 0 Å². The summed E-state index contributed by atoms with van der Waals surface area (Å²) in [6.07, 6.45) is 1.85. The topological polar surface area (TPSA) is 31.1 Å². The minimum Gasteiger partial charge on any atom is -0.360 e. The van der Waals surface area contributed by atoms with Gasteiger partial charge < -0.3 is 10.3 Å². The lowest BCUT2D eigenvalue weighted by atomic mass is 10.1. The minimum atomic E-state index is 0.800. The molecule has 1 saturated heterocycles. The molecule has 1 aliphatic rings. The summed E-state index contributed by atoms with van der Waals surface area (Å²) in [6.45, 7) is 5.47. The molecular weight excluding hydrogens is 234 g/mol. The van der Waals surface area contributed by atoms with E-state index in [1.807, 2.05) is 6.20 Å². The van der Waals surface area contributed by atoms with E-state index in [1.165, 1.54) is 5.56 Å². The Hall–Kier alpha value is -1.03. The maximum Gasteiger partial charge on any atom is 0.0659 e. The molecule has 0 amide bonds. The number of nitrogens with one attached hydrogen (secondary N) is 2. The molecule has 3 nitrogen and oxygen atoms in total. The van der Waals surface area contributed by atoms with Gasteiger partial charge in [0.05, 0.1) is 5.02 Å². The van der Waals surface area contributed by atoms with E-state index < -0.39 is 0 Å². The highest BCUT2D eigenvalue weighted by Gasteiger charge is 2.10. The van der Waals surface area contributed by atoms with Crippen molar-refractivity contribution in [2.75, 3.05) is 26.2 Å². The molecule has 0 aliphatic carbocycles. The second-order valence-corrected chi connectivity index (χ2v) is 4.95. The molecule has 0 bridgehead atoms. The van der Waals surface area contributed by atoms with Gasteiger partial charge in [-0.25, -0.2) is 0 Å². The zero-order valence-electron chi connectivity index (χ0n) is 9.67. The summed E-state index contributed by atoms with van der Waals surface area (Å²) in [5.41, 5.74) is 2.47. The lowest BCUT2D eigenvalue weighted by molar-refractivity contribution is 0.233. The summed E-state index contributed by atoms with van der Waals surface area (Å²) in [5, 5.41) is 5.28. The van der Waals surface area contributed by atoms with Crippen LogP contribution in [0.1, 0.15) is 5.56 Å². The summed E-state index contributed by atoms with van der Waals surface area (Å²) in [7, 11) is 0. The van der Waals surface area contributed by atoms with Crippen molar-refractivity contribution in [2.24, 2.45) is 0 Å². The van der Waals surface area contributed by atoms with E-state index in [9.17, 15) is 0 Å². The number of benzene rings is 1. The van der Waals surface area contributed by atoms with E-state index in [1.54, 1.807) is 0 Å². The van der Waals surface area contributed by atoms with Crippen molar-refractivity contribution in [1.29, 1.82) is 0 Å². The van der Waals surface area contributed by atoms with Crippen LogP contribution in [0.4, 0.5) is 0 Å². The average molecular weight is 250 g/mol. The second kappa shape index (κ2) is 4.69. The van der Waals surface area contributed by atoms with Gasteiger partial charge in [-0.2, -0.15) is 0 Å². The third kappa shape index (κ3) is 2.32. The van der Waals surface area contributed by atoms with Crippen LogP contribution in [0.2, 0.25) is 5.02 Å². The van der Waals surface area contributed by atoms with Gasteiger partial charge in [-0.15, -0.1) is 0 Å². The van der Waals surface area contributed by atoms with E-state index >= 15 is 0 Å². The van der Waals surface area contributed by atoms with Crippen LogP contribution in [0.3, 0.4) is 0 Å². The maximum atomic E-state index is 6.07. The minimum absolute atomic E-state index is 0.800. The van der Waals surface area contributed by atoms with Crippen molar-refractivity contribution >= 4 is 22.5 Å². The van der Waals surface area contributed by atoms with E-state index in [-0.39, 0.29) is 0 Å². The number of aromatic nitrogens is 1. The standard InChI is InChI=1S/C13H16ClN3/c14-12-8-16-13-7-10(1-2-11(12)13)9-17-5-3-15-4-6-17/h1-2,7-8,15-16H,3-6,9H2. The quantitative estimate of drug-likeness (QED) is 0.855. The first-order valence-corrected chi connectivity index (χ1v) is 6.39. The molecule has 90 valence electrons. The summed E-state index contributed by atoms with van der Waals surface area (Å²) in [5.74, 6) is 0. The van der Waals surface area contributed by atoms with Crippen LogP contribution in [0.25, 0.3) is 10.9 Å². The van der Waals surface area contributed by atoms with Crippen LogP contribution in [0, 0.1) is 0 Å². The number of halogens is 1. The largest absolute Gasteiger partial charge is 0.360 e. The van der Waals surface area contributed by atoms with E-state index in [0.29, 0.717) is 0 Å². The molecule has 17 heavy (non-hydrogen) atoms. The molecule has 0 saturated carbocycles. The van der Waals surface area contributed by atoms with Gasteiger partial charge in [-0.3, -0.25) is 4.90 Å². The fourth-order valence-electron chi connectivity index (χ4n) is 2.36. The Morgan fingerprint density at radius 2 is 2.06 bits per heavy atom. The van der Waals surface area contributed by atoms with Crippen LogP contribution in [-0.2, 0) is 6.54 Å². The normalized spacial score (nSPS) is 17.7. The number of aromatic amines is 1. The van der Waals surface area contributed by atoms with Gasteiger partial charge in [0.15, 0.2) is 0 Å². The lowest BCUT2D eigenvalue weighted by Gasteiger charge is -2.27. The number of hydrogen-bond donors (Lipinski definition) is 2. The van der Waals surface area contributed by atoms with Crippen molar-refractivity contribution in [1.82, 2.24) is 15.2 Å². The van der Waals surface area contributed by atoms with Crippen molar-refractivity contribution in [3.63, 3.8) is 0 Å². The van der Waals surface area contributed by atoms with Crippen molar-refractivity contribution in [2.45, 2.75) is 6.54 Å². The van der Waals surface area contributed by atoms with Gasteiger partial charge in [0, 0.05) is 49.8 Å². The predicted molar refractivity (Wildman–Crippen MR) is 71.5 cm³/mol. The van der Waals surface area contributed by atoms with Gasteiger partial charge >= 0.3 is 0 Å². The molecule has 4 heteroatoms. The third-order valence-corrected chi connectivity index (χ3v) is 3.62. The van der Waals surface area contributed by atoms with Gasteiger partial charge in [0.1, 0.15) is 0 Å². The molecule has 3 rings (SSSR count). The molecule has 0 radical (unpaired) electrons. The number of hydrogen-bond acceptors (Lipinski definition) is 2. The SMILES string of the molecule is Clc1c[nH]c2cc(CN3CCNCC3)ccc12. The van der Waals surface area contributed by atoms with Crippen LogP contribution >= 0.6 is 11.6 Å². The summed E-state index contributed by atoms with van der Waals surface area (Å²) in [4.78, 5) is 5.68. The van der Waals surface area contributed by atoms with E-state index in [2.05, 4.69) is 33.4 Å². The molecular formula is C13H16ClN3. The number of nitrogens with zero attached hydrogens (tertiary/aromatic N) is 1. The molecule has 1 aromatic heterocycles. The fourth-order valence-corrected chi connectivity index (χ4v) is 2.58. The molecule has 1 aliphatic heterocycles. The monoisotopic (exact) mass is 249 g/mol. The first-order valence-electron chi connectivity index (χ1n) is 6.01. The first-order chi connectivity index (χ1) is 8.33. The Kier molecular flexibility index (Phi) is 3.05. The summed E-state index contributed by atoms with van der Waals surface area (Å²) in [6, 6.07) is 6.47. The molecule has 1 fully saturated rings. The number of piperazine rings is 1. The van der Waals surface area contributed by atoms with Gasteiger partial charge in [-0.05, 0) is 11.6 Å². The molecule has 2 N–H and O–H groups in total. The molecule has 2 aromatic rings. The number of fused-ring (bicyclic) bond motifs is 1. The summed E-state index contributed by atoms with van der Waals surface area (Å²) < 4.78 is 0. The fraction of sp³-hybridized carbons (Fsp3) is 0.385. The Morgan fingerprint density at radius 3 is 2.88 bits per heavy atom. The molecule has 0 unspecified atom stereocenters. The highest BCUT2D eigenvalue weighted by atomic mass is 35.5. The smallest absolute Gasteiger partial charge is 0.0659 e. The van der Waals surface area contributed by atoms with Crippen molar-refractivity contribution in [3.8, 4) is 0 Å². The molecule has 0 spiro atoms. The summed E-state index contributed by atoms with van der Waals surface area (Å²) >= 11 is 6.07. The van der Waals surface area contributed by atoms with Crippen molar-refractivity contribution in [3.05, 3.63) is 35.0 Å². The molecule has 0 atom stereocenters. The van der Waals surface area contributed by atoms with E-state index in [4.69, 9.17) is 11.6 Å². The highest BCUT2D eigenvalue weighted by molar-refractivity contribution is 6.35. The Morgan fingerprint density at radius 1 is 1.24 bits per heavy atom. The van der Waals surface area contributed by atoms with Crippen LogP contribution < -0.4 is 5.32 Å².